The molecule has 0 fully saturated rings. The first-order chi connectivity index (χ1) is 18.4. The van der Waals surface area contributed by atoms with Gasteiger partial charge in [-0.2, -0.15) is 0 Å². The van der Waals surface area contributed by atoms with Crippen molar-refractivity contribution in [2.45, 2.75) is 6.92 Å². The van der Waals surface area contributed by atoms with Crippen LogP contribution in [0.15, 0.2) is 107 Å². The van der Waals surface area contributed by atoms with Crippen molar-refractivity contribution in [2.24, 2.45) is 4.99 Å². The number of hydrogen-bond donors (Lipinski definition) is 1. The van der Waals surface area contributed by atoms with Gasteiger partial charge >= 0.3 is 0 Å². The van der Waals surface area contributed by atoms with Crippen molar-refractivity contribution in [3.63, 3.8) is 0 Å². The Morgan fingerprint density at radius 2 is 1.63 bits per heavy atom. The van der Waals surface area contributed by atoms with E-state index in [0.717, 1.165) is 5.56 Å². The summed E-state index contributed by atoms with van der Waals surface area (Å²) in [4.78, 5) is 18.5. The maximum Gasteiger partial charge on any atom is 0.280 e. The summed E-state index contributed by atoms with van der Waals surface area (Å²) in [5, 5.41) is 3.65. The highest BCUT2D eigenvalue weighted by atomic mass is 35.5. The van der Waals surface area contributed by atoms with E-state index >= 15 is 0 Å². The highest BCUT2D eigenvalue weighted by Crippen LogP contribution is 2.35. The van der Waals surface area contributed by atoms with Crippen LogP contribution in [0.3, 0.4) is 0 Å². The standard InChI is InChI=1S/C30H23ClFN3O3/c1-19(33-26-18-21(31)10-17-27(26)38-25-6-4-3-5-7-25)28-29(20-8-15-24(37-2)16-9-20)34-35(30(28)36)23-13-11-22(32)12-14-23/h3-18,34H,1-2H3. The molecule has 0 radical (unpaired) electrons. The quantitative estimate of drug-likeness (QED) is 0.222. The lowest BCUT2D eigenvalue weighted by Gasteiger charge is -2.10. The van der Waals surface area contributed by atoms with E-state index in [9.17, 15) is 9.18 Å². The van der Waals surface area contributed by atoms with Crippen LogP contribution in [0.5, 0.6) is 17.2 Å². The number of aromatic nitrogens is 2. The Balaban J connectivity index is 1.65. The van der Waals surface area contributed by atoms with Crippen molar-refractivity contribution in [2.75, 3.05) is 7.11 Å². The van der Waals surface area contributed by atoms with E-state index in [0.29, 0.717) is 50.6 Å². The number of aliphatic imine (C=N–C) groups is 1. The molecule has 8 heteroatoms. The smallest absolute Gasteiger partial charge is 0.280 e. The third kappa shape index (κ3) is 5.23. The van der Waals surface area contributed by atoms with Gasteiger partial charge in [-0.3, -0.25) is 9.89 Å². The topological polar surface area (TPSA) is 68.6 Å². The number of methoxy groups -OCH3 is 1. The summed E-state index contributed by atoms with van der Waals surface area (Å²) in [5.41, 5.74) is 2.71. The summed E-state index contributed by atoms with van der Waals surface area (Å²) in [6.45, 7) is 1.75. The van der Waals surface area contributed by atoms with Crippen LogP contribution < -0.4 is 15.0 Å². The number of nitrogens with one attached hydrogen (secondary N) is 1. The molecule has 0 unspecified atom stereocenters. The van der Waals surface area contributed by atoms with Gasteiger partial charge in [0, 0.05) is 10.6 Å². The SMILES string of the molecule is COc1ccc(-c2[nH]n(-c3ccc(F)cc3)c(=O)c2C(C)=Nc2cc(Cl)ccc2Oc2ccccc2)cc1. The third-order valence-corrected chi connectivity index (χ3v) is 6.13. The van der Waals surface area contributed by atoms with Crippen LogP contribution in [0.2, 0.25) is 5.02 Å². The van der Waals surface area contributed by atoms with Gasteiger partial charge in [0.2, 0.25) is 0 Å². The van der Waals surface area contributed by atoms with Gasteiger partial charge in [-0.05, 0) is 85.8 Å². The Kier molecular flexibility index (Phi) is 7.11. The zero-order valence-electron chi connectivity index (χ0n) is 20.6. The van der Waals surface area contributed by atoms with Gasteiger partial charge in [-0.15, -0.1) is 0 Å². The van der Waals surface area contributed by atoms with Crippen molar-refractivity contribution < 1.29 is 13.9 Å². The molecule has 6 nitrogen and oxygen atoms in total. The maximum atomic E-state index is 13.7. The highest BCUT2D eigenvalue weighted by molar-refractivity contribution is 6.31. The molecule has 5 aromatic rings. The van der Waals surface area contributed by atoms with Gasteiger partial charge in [0.05, 0.1) is 29.8 Å². The van der Waals surface area contributed by atoms with E-state index in [4.69, 9.17) is 26.1 Å². The van der Waals surface area contributed by atoms with Gasteiger partial charge in [-0.1, -0.05) is 29.8 Å². The van der Waals surface area contributed by atoms with Crippen LogP contribution >= 0.6 is 11.6 Å². The Morgan fingerprint density at radius 3 is 2.32 bits per heavy atom. The predicted molar refractivity (Wildman–Crippen MR) is 148 cm³/mol. The minimum absolute atomic E-state index is 0.337. The Labute approximate surface area is 223 Å². The molecule has 0 saturated carbocycles. The van der Waals surface area contributed by atoms with E-state index in [1.54, 1.807) is 32.2 Å². The largest absolute Gasteiger partial charge is 0.497 e. The molecule has 0 aliphatic rings. The number of halogens is 2. The minimum atomic E-state index is -0.395. The zero-order chi connectivity index (χ0) is 26.6. The lowest BCUT2D eigenvalue weighted by atomic mass is 10.0. The summed E-state index contributed by atoms with van der Waals surface area (Å²) in [7, 11) is 1.59. The number of ether oxygens (including phenoxy) is 2. The molecule has 0 bridgehead atoms. The van der Waals surface area contributed by atoms with E-state index in [1.165, 1.54) is 28.9 Å². The van der Waals surface area contributed by atoms with Crippen LogP contribution in [0.4, 0.5) is 10.1 Å². The van der Waals surface area contributed by atoms with Crippen LogP contribution in [-0.2, 0) is 0 Å². The molecule has 0 amide bonds. The summed E-state index contributed by atoms with van der Waals surface area (Å²) < 4.78 is 26.3. The summed E-state index contributed by atoms with van der Waals surface area (Å²) in [6.07, 6.45) is 0. The number of para-hydroxylation sites is 1. The first kappa shape index (κ1) is 25.0. The van der Waals surface area contributed by atoms with Crippen molar-refractivity contribution in [1.29, 1.82) is 0 Å². The van der Waals surface area contributed by atoms with E-state index in [2.05, 4.69) is 5.10 Å². The van der Waals surface area contributed by atoms with Crippen LogP contribution in [0.1, 0.15) is 12.5 Å². The molecule has 0 atom stereocenters. The van der Waals surface area contributed by atoms with Crippen molar-refractivity contribution >= 4 is 23.0 Å². The van der Waals surface area contributed by atoms with Crippen molar-refractivity contribution in [3.05, 3.63) is 124 Å². The highest BCUT2D eigenvalue weighted by Gasteiger charge is 2.20. The molecule has 5 rings (SSSR count). The molecule has 0 saturated heterocycles. The summed E-state index contributed by atoms with van der Waals surface area (Å²) >= 11 is 6.29. The van der Waals surface area contributed by atoms with Crippen LogP contribution in [-0.4, -0.2) is 22.6 Å². The number of hydrogen-bond acceptors (Lipinski definition) is 4. The van der Waals surface area contributed by atoms with E-state index in [1.807, 2.05) is 54.6 Å². The summed E-state index contributed by atoms with van der Waals surface area (Å²) in [5.74, 6) is 1.42. The first-order valence-corrected chi connectivity index (χ1v) is 12.1. The summed E-state index contributed by atoms with van der Waals surface area (Å²) in [6, 6.07) is 27.4. The number of benzene rings is 4. The minimum Gasteiger partial charge on any atom is -0.497 e. The average molecular weight is 528 g/mol. The molecule has 4 aromatic carbocycles. The molecule has 38 heavy (non-hydrogen) atoms. The maximum absolute atomic E-state index is 13.7. The van der Waals surface area contributed by atoms with Gasteiger partial charge < -0.3 is 9.47 Å². The fourth-order valence-corrected chi connectivity index (χ4v) is 4.19. The van der Waals surface area contributed by atoms with Crippen molar-refractivity contribution in [1.82, 2.24) is 9.78 Å². The Hall–Kier alpha value is -4.62. The molecule has 190 valence electrons. The van der Waals surface area contributed by atoms with E-state index in [-0.39, 0.29) is 5.56 Å². The predicted octanol–water partition coefficient (Wildman–Crippen LogP) is 7.57. The second-order valence-electron chi connectivity index (χ2n) is 8.43. The normalized spacial score (nSPS) is 11.4. The molecule has 1 N–H and O–H groups in total. The van der Waals surface area contributed by atoms with Gasteiger partial charge in [0.15, 0.2) is 5.75 Å². The molecule has 1 heterocycles. The number of nitrogens with zero attached hydrogens (tertiary/aromatic N) is 2. The van der Waals surface area contributed by atoms with Gasteiger partial charge in [0.25, 0.3) is 5.56 Å². The molecule has 0 aliphatic carbocycles. The van der Waals surface area contributed by atoms with Crippen molar-refractivity contribution in [3.8, 4) is 34.2 Å². The number of aromatic amines is 1. The fourth-order valence-electron chi connectivity index (χ4n) is 4.03. The number of H-pyrrole nitrogens is 1. The molecular weight excluding hydrogens is 505 g/mol. The number of rotatable bonds is 7. The van der Waals surface area contributed by atoms with E-state index < -0.39 is 5.82 Å². The molecule has 0 aliphatic heterocycles. The molecule has 0 spiro atoms. The lowest BCUT2D eigenvalue weighted by Crippen LogP contribution is -2.19. The monoisotopic (exact) mass is 527 g/mol. The van der Waals surface area contributed by atoms with Gasteiger partial charge in [-0.25, -0.2) is 14.1 Å². The third-order valence-electron chi connectivity index (χ3n) is 5.90. The second-order valence-corrected chi connectivity index (χ2v) is 8.87. The fraction of sp³-hybridized carbons (Fsp3) is 0.0667. The molecular formula is C30H23ClFN3O3. The first-order valence-electron chi connectivity index (χ1n) is 11.8. The van der Waals surface area contributed by atoms with Crippen LogP contribution in [0, 0.1) is 5.82 Å². The average Bonchev–Trinajstić information content (AvgIpc) is 3.28. The lowest BCUT2D eigenvalue weighted by molar-refractivity contribution is 0.415. The van der Waals surface area contributed by atoms with Gasteiger partial charge in [0.1, 0.15) is 23.0 Å². The van der Waals surface area contributed by atoms with Crippen LogP contribution in [0.25, 0.3) is 16.9 Å². The Morgan fingerprint density at radius 1 is 0.921 bits per heavy atom. The second kappa shape index (κ2) is 10.8. The Bertz CT molecular complexity index is 1660. The molecule has 1 aromatic heterocycles. The zero-order valence-corrected chi connectivity index (χ0v) is 21.4.